The van der Waals surface area contributed by atoms with Crippen molar-refractivity contribution in [2.45, 2.75) is 66.2 Å². The summed E-state index contributed by atoms with van der Waals surface area (Å²) in [5.41, 5.74) is 8.49. The number of amides is 1. The van der Waals surface area contributed by atoms with E-state index in [2.05, 4.69) is 16.9 Å². The van der Waals surface area contributed by atoms with Crippen molar-refractivity contribution < 1.29 is 13.9 Å². The molecule has 3 N–H and O–H groups in total. The smallest absolute Gasteiger partial charge is 0.231 e. The molecule has 0 saturated carbocycles. The molecule has 0 radical (unpaired) electrons. The molecule has 0 atom stereocenters. The maximum Gasteiger partial charge on any atom is 0.231 e. The minimum absolute atomic E-state index is 0.142. The second kappa shape index (κ2) is 21.3. The van der Waals surface area contributed by atoms with Gasteiger partial charge >= 0.3 is 0 Å². The summed E-state index contributed by atoms with van der Waals surface area (Å²) in [7, 11) is 0. The highest BCUT2D eigenvalue weighted by Gasteiger charge is 2.18. The van der Waals surface area contributed by atoms with Crippen molar-refractivity contribution in [2.24, 2.45) is 5.73 Å². The third kappa shape index (κ3) is 12.9. The van der Waals surface area contributed by atoms with Gasteiger partial charge in [-0.1, -0.05) is 77.9 Å². The molecule has 3 aromatic rings. The van der Waals surface area contributed by atoms with E-state index >= 15 is 0 Å². The Labute approximate surface area is 246 Å². The van der Waals surface area contributed by atoms with Gasteiger partial charge in [0.1, 0.15) is 17.3 Å². The normalized spacial score (nSPS) is 9.56. The number of nitrogens with zero attached hydrogens (tertiary/aromatic N) is 2. The number of nitrogens with one attached hydrogen (secondary N) is 1. The minimum atomic E-state index is -0.464. The van der Waals surface area contributed by atoms with E-state index < -0.39 is 11.7 Å². The van der Waals surface area contributed by atoms with E-state index in [-0.39, 0.29) is 17.3 Å². The summed E-state index contributed by atoms with van der Waals surface area (Å²) >= 11 is 9.05. The summed E-state index contributed by atoms with van der Waals surface area (Å²) < 4.78 is 22.7. The molecule has 0 spiro atoms. The fourth-order valence-corrected chi connectivity index (χ4v) is 4.64. The van der Waals surface area contributed by atoms with Gasteiger partial charge in [0.15, 0.2) is 5.82 Å². The first-order chi connectivity index (χ1) is 18.8. The molecule has 39 heavy (non-hydrogen) atoms. The molecule has 2 aromatic carbocycles. The highest BCUT2D eigenvalue weighted by atomic mass is 35.5. The first kappa shape index (κ1) is 36.4. The zero-order chi connectivity index (χ0) is 29.8. The predicted molar refractivity (Wildman–Crippen MR) is 168 cm³/mol. The Morgan fingerprint density at radius 2 is 1.85 bits per heavy atom. The lowest BCUT2D eigenvalue weighted by Crippen LogP contribution is -2.29. The van der Waals surface area contributed by atoms with E-state index in [1.807, 2.05) is 78.1 Å². The molecule has 1 heterocycles. The number of para-hydroxylation sites is 1. The number of hydrogen-bond donors (Lipinski definition) is 2. The van der Waals surface area contributed by atoms with Crippen molar-refractivity contribution in [3.05, 3.63) is 76.0 Å². The van der Waals surface area contributed by atoms with Crippen LogP contribution >= 0.6 is 34.9 Å². The molecular weight excluding hydrogens is 555 g/mol. The SMILES string of the molecule is C=C(C)N(Sc1cc(Cl)c(Oc2ccccc2CCCNCC(N)=O)cc1F)c1cscn1.CC.CC.CC. The predicted octanol–water partition coefficient (Wildman–Crippen LogP) is 8.86. The summed E-state index contributed by atoms with van der Waals surface area (Å²) in [4.78, 5) is 15.4. The van der Waals surface area contributed by atoms with Crippen molar-refractivity contribution in [1.82, 2.24) is 10.3 Å². The lowest BCUT2D eigenvalue weighted by Gasteiger charge is -2.21. The van der Waals surface area contributed by atoms with Crippen LogP contribution in [-0.4, -0.2) is 24.0 Å². The molecule has 0 aliphatic carbocycles. The van der Waals surface area contributed by atoms with E-state index in [0.717, 1.165) is 23.9 Å². The average Bonchev–Trinajstić information content (AvgIpc) is 3.48. The van der Waals surface area contributed by atoms with Crippen molar-refractivity contribution in [3.63, 3.8) is 0 Å². The van der Waals surface area contributed by atoms with Crippen LogP contribution in [0.25, 0.3) is 0 Å². The van der Waals surface area contributed by atoms with Crippen molar-refractivity contribution in [2.75, 3.05) is 17.4 Å². The summed E-state index contributed by atoms with van der Waals surface area (Å²) in [6.45, 7) is 18.5. The number of ether oxygens (including phenoxy) is 1. The number of benzene rings is 2. The maximum atomic E-state index is 15.0. The van der Waals surface area contributed by atoms with Crippen LogP contribution in [0.3, 0.4) is 0 Å². The Bertz CT molecular complexity index is 1110. The third-order valence-electron chi connectivity index (χ3n) is 4.44. The molecule has 6 nitrogen and oxygen atoms in total. The molecule has 1 amide bonds. The molecule has 0 bridgehead atoms. The van der Waals surface area contributed by atoms with Gasteiger partial charge in [-0.05, 0) is 56.0 Å². The molecule has 10 heteroatoms. The number of carbonyl (C=O) groups excluding carboxylic acids is 1. The molecule has 0 saturated heterocycles. The van der Waals surface area contributed by atoms with Crippen LogP contribution in [0.4, 0.5) is 10.2 Å². The number of hydrogen-bond acceptors (Lipinski definition) is 7. The Morgan fingerprint density at radius 3 is 2.44 bits per heavy atom. The highest BCUT2D eigenvalue weighted by molar-refractivity contribution is 8.00. The first-order valence-corrected chi connectivity index (χ1v) is 15.2. The fourth-order valence-electron chi connectivity index (χ4n) is 2.93. The number of halogens is 2. The molecule has 0 unspecified atom stereocenters. The second-order valence-corrected chi connectivity index (χ2v) is 9.25. The standard InChI is InChI=1S/C23H24ClFN4O2S2.3C2H6/c1-15(2)29(23-13-32-14-28-23)33-21-10-17(24)20(11-18(21)25)31-19-8-4-3-6-16(19)7-5-9-27-12-22(26)30;3*1-2/h3-4,6,8,10-11,13-14,27H,1,5,7,9,12H2,2H3,(H2,26,30);3*1-2H3. The van der Waals surface area contributed by atoms with E-state index in [4.69, 9.17) is 22.1 Å². The minimum Gasteiger partial charge on any atom is -0.455 e. The van der Waals surface area contributed by atoms with Crippen molar-refractivity contribution in [1.29, 1.82) is 0 Å². The number of rotatable bonds is 12. The molecule has 0 aliphatic rings. The summed E-state index contributed by atoms with van der Waals surface area (Å²) in [5, 5.41) is 5.13. The van der Waals surface area contributed by atoms with Crippen molar-refractivity contribution >= 4 is 46.6 Å². The van der Waals surface area contributed by atoms with Crippen LogP contribution in [0.15, 0.2) is 64.5 Å². The number of carbonyl (C=O) groups is 1. The van der Waals surface area contributed by atoms with Gasteiger partial charge in [0.2, 0.25) is 5.91 Å². The van der Waals surface area contributed by atoms with Crippen LogP contribution in [0.1, 0.15) is 60.5 Å². The Hall–Kier alpha value is -2.59. The molecule has 1 aromatic heterocycles. The number of aromatic nitrogens is 1. The van der Waals surface area contributed by atoms with Crippen LogP contribution in [0, 0.1) is 5.82 Å². The average molecular weight is 597 g/mol. The summed E-state index contributed by atoms with van der Waals surface area (Å²) in [6.07, 6.45) is 1.48. The summed E-state index contributed by atoms with van der Waals surface area (Å²) in [6, 6.07) is 10.3. The van der Waals surface area contributed by atoms with Gasteiger partial charge in [-0.3, -0.25) is 9.10 Å². The zero-order valence-corrected chi connectivity index (χ0v) is 26.4. The number of aryl methyl sites for hydroxylation is 1. The first-order valence-electron chi connectivity index (χ1n) is 13.1. The Kier molecular flexibility index (Phi) is 19.8. The number of allylic oxidation sites excluding steroid dienone is 1. The molecule has 216 valence electrons. The maximum absolute atomic E-state index is 15.0. The number of thiazole rings is 1. The second-order valence-electron chi connectivity index (χ2n) is 7.14. The van der Waals surface area contributed by atoms with E-state index in [1.165, 1.54) is 23.5 Å². The zero-order valence-electron chi connectivity index (χ0n) is 24.0. The molecule has 0 aliphatic heterocycles. The number of primary amides is 1. The summed E-state index contributed by atoms with van der Waals surface area (Å²) in [5.74, 6) is 0.644. The van der Waals surface area contributed by atoms with Gasteiger partial charge in [-0.2, -0.15) is 0 Å². The van der Waals surface area contributed by atoms with Gasteiger partial charge in [-0.25, -0.2) is 9.37 Å². The quantitative estimate of drug-likeness (QED) is 0.160. The van der Waals surface area contributed by atoms with Crippen LogP contribution in [-0.2, 0) is 11.2 Å². The third-order valence-corrected chi connectivity index (χ3v) is 6.50. The topological polar surface area (TPSA) is 80.5 Å². The Balaban J connectivity index is 0.00000225. The Morgan fingerprint density at radius 1 is 1.18 bits per heavy atom. The largest absolute Gasteiger partial charge is 0.455 e. The number of anilines is 1. The van der Waals surface area contributed by atoms with E-state index in [9.17, 15) is 9.18 Å². The highest BCUT2D eigenvalue weighted by Crippen LogP contribution is 2.39. The monoisotopic (exact) mass is 596 g/mol. The van der Waals surface area contributed by atoms with Crippen molar-refractivity contribution in [3.8, 4) is 11.5 Å². The molecule has 0 fully saturated rings. The van der Waals surface area contributed by atoms with Gasteiger partial charge in [-0.15, -0.1) is 11.3 Å². The fraction of sp³-hybridized carbons (Fsp3) is 0.379. The van der Waals surface area contributed by atoms with Gasteiger partial charge in [0, 0.05) is 17.1 Å². The van der Waals surface area contributed by atoms with Crippen LogP contribution in [0.5, 0.6) is 11.5 Å². The van der Waals surface area contributed by atoms with Gasteiger partial charge < -0.3 is 15.8 Å². The lowest BCUT2D eigenvalue weighted by atomic mass is 10.1. The van der Waals surface area contributed by atoms with E-state index in [0.29, 0.717) is 35.1 Å². The van der Waals surface area contributed by atoms with Gasteiger partial charge in [0.05, 0.1) is 22.0 Å². The van der Waals surface area contributed by atoms with E-state index in [1.54, 1.807) is 9.82 Å². The molecular formula is C29H42ClFN4O2S2. The van der Waals surface area contributed by atoms with Gasteiger partial charge in [0.25, 0.3) is 0 Å². The lowest BCUT2D eigenvalue weighted by molar-refractivity contribution is -0.117. The van der Waals surface area contributed by atoms with Crippen LogP contribution < -0.4 is 20.1 Å². The van der Waals surface area contributed by atoms with Crippen LogP contribution in [0.2, 0.25) is 5.02 Å². The molecule has 3 rings (SSSR count). The number of nitrogens with two attached hydrogens (primary N) is 1.